The Hall–Kier alpha value is -0.790. The smallest absolute Gasteiger partial charge is 0.159 e. The first kappa shape index (κ1) is 7.84. The summed E-state index contributed by atoms with van der Waals surface area (Å²) in [5, 5.41) is 0. The van der Waals surface area contributed by atoms with E-state index in [1.807, 2.05) is 0 Å². The number of nitrogens with zero attached hydrogens (tertiary/aromatic N) is 1. The molecule has 66 valence electrons. The molecule has 1 saturated heterocycles. The Balaban J connectivity index is 2.19. The second kappa shape index (κ2) is 2.92. The molecule has 2 heteroatoms. The molecule has 0 radical (unpaired) electrons. The zero-order valence-corrected chi connectivity index (χ0v) is 7.55. The summed E-state index contributed by atoms with van der Waals surface area (Å²) < 4.78 is 0. The summed E-state index contributed by atoms with van der Waals surface area (Å²) in [5.74, 6) is 0.315. The molecule has 0 aromatic heterocycles. The minimum Gasteiger partial charge on any atom is -0.372 e. The molecular weight excluding hydrogens is 150 g/mol. The van der Waals surface area contributed by atoms with E-state index in [0.717, 1.165) is 13.0 Å². The molecule has 0 unspecified atom stereocenters. The van der Waals surface area contributed by atoms with Crippen molar-refractivity contribution < 1.29 is 4.79 Å². The molecule has 12 heavy (non-hydrogen) atoms. The lowest BCUT2D eigenvalue weighted by atomic mass is 9.93. The van der Waals surface area contributed by atoms with Gasteiger partial charge < -0.3 is 4.90 Å². The van der Waals surface area contributed by atoms with Crippen LogP contribution in [0.25, 0.3) is 0 Å². The highest BCUT2D eigenvalue weighted by Gasteiger charge is 2.27. The average molecular weight is 165 g/mol. The summed E-state index contributed by atoms with van der Waals surface area (Å²) >= 11 is 0. The van der Waals surface area contributed by atoms with Gasteiger partial charge in [0.05, 0.1) is 0 Å². The molecule has 0 aromatic rings. The molecule has 2 heterocycles. The number of allylic oxidation sites excluding steroid dienone is 2. The Morgan fingerprint density at radius 1 is 1.50 bits per heavy atom. The zero-order chi connectivity index (χ0) is 8.55. The number of carbonyl (C=O) groups excluding carboxylic acids is 1. The summed E-state index contributed by atoms with van der Waals surface area (Å²) in [6.07, 6.45) is 6.33. The summed E-state index contributed by atoms with van der Waals surface area (Å²) in [6.45, 7) is 3.20. The number of piperidine rings is 1. The lowest BCUT2D eigenvalue weighted by Gasteiger charge is -2.40. The zero-order valence-electron chi connectivity index (χ0n) is 7.55. The highest BCUT2D eigenvalue weighted by molar-refractivity contribution is 5.91. The topological polar surface area (TPSA) is 20.3 Å². The minimum atomic E-state index is 0.315. The third-order valence-electron chi connectivity index (χ3n) is 2.89. The van der Waals surface area contributed by atoms with Gasteiger partial charge in [-0.1, -0.05) is 0 Å². The first-order valence-corrected chi connectivity index (χ1v) is 4.75. The van der Waals surface area contributed by atoms with Gasteiger partial charge in [0.25, 0.3) is 0 Å². The molecule has 1 fully saturated rings. The van der Waals surface area contributed by atoms with Gasteiger partial charge in [-0.3, -0.25) is 4.79 Å². The number of hydrogen-bond acceptors (Lipinski definition) is 2. The van der Waals surface area contributed by atoms with Crippen molar-refractivity contribution in [3.63, 3.8) is 0 Å². The molecule has 0 aromatic carbocycles. The summed E-state index contributed by atoms with van der Waals surface area (Å²) in [4.78, 5) is 13.6. The van der Waals surface area contributed by atoms with Gasteiger partial charge in [0.15, 0.2) is 5.78 Å². The Morgan fingerprint density at radius 3 is 3.17 bits per heavy atom. The molecule has 0 amide bonds. The van der Waals surface area contributed by atoms with Crippen LogP contribution in [-0.4, -0.2) is 23.3 Å². The van der Waals surface area contributed by atoms with Crippen molar-refractivity contribution in [1.82, 2.24) is 4.90 Å². The predicted octanol–water partition coefficient (Wildman–Crippen LogP) is 1.72. The van der Waals surface area contributed by atoms with Crippen molar-refractivity contribution in [1.29, 1.82) is 0 Å². The van der Waals surface area contributed by atoms with E-state index < -0.39 is 0 Å². The van der Waals surface area contributed by atoms with Crippen molar-refractivity contribution in [2.75, 3.05) is 6.54 Å². The largest absolute Gasteiger partial charge is 0.372 e. The van der Waals surface area contributed by atoms with Gasteiger partial charge in [0, 0.05) is 30.8 Å². The molecule has 2 aliphatic heterocycles. The van der Waals surface area contributed by atoms with Crippen LogP contribution in [0.4, 0.5) is 0 Å². The maximum absolute atomic E-state index is 11.2. The molecule has 2 nitrogen and oxygen atoms in total. The number of rotatable bonds is 0. The third-order valence-corrected chi connectivity index (χ3v) is 2.89. The van der Waals surface area contributed by atoms with Crippen LogP contribution in [0.3, 0.4) is 0 Å². The fourth-order valence-electron chi connectivity index (χ4n) is 2.28. The van der Waals surface area contributed by atoms with Gasteiger partial charge in [0.1, 0.15) is 0 Å². The summed E-state index contributed by atoms with van der Waals surface area (Å²) in [5.41, 5.74) is 1.18. The van der Waals surface area contributed by atoms with E-state index in [0.29, 0.717) is 11.8 Å². The van der Waals surface area contributed by atoms with Crippen molar-refractivity contribution in [2.45, 2.75) is 38.6 Å². The fourth-order valence-corrected chi connectivity index (χ4v) is 2.28. The third kappa shape index (κ3) is 1.26. The van der Waals surface area contributed by atoms with Crippen LogP contribution in [0.1, 0.15) is 32.6 Å². The van der Waals surface area contributed by atoms with Crippen LogP contribution in [0.5, 0.6) is 0 Å². The van der Waals surface area contributed by atoms with Crippen molar-refractivity contribution >= 4 is 5.78 Å². The monoisotopic (exact) mass is 165 g/mol. The van der Waals surface area contributed by atoms with Gasteiger partial charge in [0.2, 0.25) is 0 Å². The van der Waals surface area contributed by atoms with Crippen LogP contribution in [0.15, 0.2) is 11.8 Å². The van der Waals surface area contributed by atoms with Crippen LogP contribution in [0.2, 0.25) is 0 Å². The summed E-state index contributed by atoms with van der Waals surface area (Å²) in [7, 11) is 0. The quantitative estimate of drug-likeness (QED) is 0.544. The Kier molecular flexibility index (Phi) is 1.91. The minimum absolute atomic E-state index is 0.315. The van der Waals surface area contributed by atoms with Crippen molar-refractivity contribution in [3.05, 3.63) is 11.8 Å². The highest BCUT2D eigenvalue weighted by atomic mass is 16.1. The molecule has 0 bridgehead atoms. The lowest BCUT2D eigenvalue weighted by molar-refractivity contribution is -0.116. The fraction of sp³-hybridized carbons (Fsp3) is 0.700. The molecule has 2 rings (SSSR count). The maximum atomic E-state index is 11.2. The first-order valence-electron chi connectivity index (χ1n) is 4.75. The van der Waals surface area contributed by atoms with Crippen LogP contribution in [-0.2, 0) is 4.79 Å². The normalized spacial score (nSPS) is 29.8. The van der Waals surface area contributed by atoms with Gasteiger partial charge in [-0.25, -0.2) is 0 Å². The Morgan fingerprint density at radius 2 is 2.33 bits per heavy atom. The second-order valence-corrected chi connectivity index (χ2v) is 3.80. The van der Waals surface area contributed by atoms with Crippen LogP contribution < -0.4 is 0 Å². The summed E-state index contributed by atoms with van der Waals surface area (Å²) in [6, 6.07) is 0.524. The van der Waals surface area contributed by atoms with Crippen molar-refractivity contribution in [2.24, 2.45) is 0 Å². The maximum Gasteiger partial charge on any atom is 0.159 e. The van der Waals surface area contributed by atoms with Gasteiger partial charge in [-0.2, -0.15) is 0 Å². The predicted molar refractivity (Wildman–Crippen MR) is 47.7 cm³/mol. The van der Waals surface area contributed by atoms with Gasteiger partial charge >= 0.3 is 0 Å². The van der Waals surface area contributed by atoms with Crippen LogP contribution in [0, 0.1) is 0 Å². The SMILES string of the molecule is CC1=CC(=O)C[C@H]2CCCCN12. The second-order valence-electron chi connectivity index (χ2n) is 3.80. The number of fused-ring (bicyclic) bond motifs is 1. The van der Waals surface area contributed by atoms with Gasteiger partial charge in [-0.05, 0) is 26.2 Å². The molecular formula is C10H15NO. The number of carbonyl (C=O) groups is 1. The van der Waals surface area contributed by atoms with E-state index in [1.165, 1.54) is 25.0 Å². The van der Waals surface area contributed by atoms with E-state index in [2.05, 4.69) is 11.8 Å². The molecule has 0 N–H and O–H groups in total. The van der Waals surface area contributed by atoms with E-state index >= 15 is 0 Å². The molecule has 0 aliphatic carbocycles. The van der Waals surface area contributed by atoms with Gasteiger partial charge in [-0.15, -0.1) is 0 Å². The average Bonchev–Trinajstić information content (AvgIpc) is 2.04. The van der Waals surface area contributed by atoms with E-state index in [4.69, 9.17) is 0 Å². The molecule has 2 aliphatic rings. The Labute approximate surface area is 73.2 Å². The molecule has 1 atom stereocenters. The van der Waals surface area contributed by atoms with E-state index in [1.54, 1.807) is 6.08 Å². The van der Waals surface area contributed by atoms with Crippen LogP contribution >= 0.6 is 0 Å². The van der Waals surface area contributed by atoms with Crippen molar-refractivity contribution in [3.8, 4) is 0 Å². The molecule has 0 saturated carbocycles. The van der Waals surface area contributed by atoms with E-state index in [9.17, 15) is 4.79 Å². The standard InChI is InChI=1S/C10H15NO/c1-8-6-10(12)7-9-4-2-3-5-11(8)9/h6,9H,2-5,7H2,1H3/t9-/m1/s1. The highest BCUT2D eigenvalue weighted by Crippen LogP contribution is 2.27. The number of ketones is 1. The first-order chi connectivity index (χ1) is 5.77. The van der Waals surface area contributed by atoms with E-state index in [-0.39, 0.29) is 0 Å². The Bertz CT molecular complexity index is 232. The number of hydrogen-bond donors (Lipinski definition) is 0. The molecule has 0 spiro atoms. The lowest BCUT2D eigenvalue weighted by Crippen LogP contribution is -2.42.